The number of aliphatic hydroxyl groups is 1. The first-order valence-electron chi connectivity index (χ1n) is 10.8. The molecule has 1 N–H and O–H groups in total. The minimum Gasteiger partial charge on any atom is -0.488 e. The molecule has 154 valence electrons. The summed E-state index contributed by atoms with van der Waals surface area (Å²) in [6, 6.07) is 26.0. The van der Waals surface area contributed by atoms with Crippen molar-refractivity contribution in [3.63, 3.8) is 0 Å². The molecule has 0 aliphatic carbocycles. The fourth-order valence-electron chi connectivity index (χ4n) is 4.81. The first kappa shape index (κ1) is 19.3. The molecule has 0 radical (unpaired) electrons. The van der Waals surface area contributed by atoms with Gasteiger partial charge in [-0.15, -0.1) is 0 Å². The van der Waals surface area contributed by atoms with E-state index in [9.17, 15) is 5.11 Å². The summed E-state index contributed by atoms with van der Waals surface area (Å²) in [5.74, 6) is 1.00. The van der Waals surface area contributed by atoms with Crippen molar-refractivity contribution < 1.29 is 9.84 Å². The first-order chi connectivity index (χ1) is 14.8. The van der Waals surface area contributed by atoms with Crippen molar-refractivity contribution in [2.75, 3.05) is 39.3 Å². The highest BCUT2D eigenvalue weighted by Crippen LogP contribution is 2.44. The molecule has 0 aromatic heterocycles. The van der Waals surface area contributed by atoms with Crippen LogP contribution < -0.4 is 4.74 Å². The van der Waals surface area contributed by atoms with E-state index in [0.29, 0.717) is 6.61 Å². The van der Waals surface area contributed by atoms with Crippen LogP contribution in [0.1, 0.15) is 22.7 Å². The molecular weight excluding hydrogens is 372 g/mol. The van der Waals surface area contributed by atoms with Crippen LogP contribution in [0.4, 0.5) is 0 Å². The number of nitrogens with zero attached hydrogens (tertiary/aromatic N) is 2. The van der Waals surface area contributed by atoms with Crippen molar-refractivity contribution in [2.24, 2.45) is 0 Å². The minimum absolute atomic E-state index is 0.179. The summed E-state index contributed by atoms with van der Waals surface area (Å²) in [5, 5.41) is 9.30. The maximum Gasteiger partial charge on any atom is 0.132 e. The summed E-state index contributed by atoms with van der Waals surface area (Å²) < 4.78 is 6.47. The third-order valence-electron chi connectivity index (χ3n) is 6.33. The van der Waals surface area contributed by atoms with Crippen molar-refractivity contribution >= 4 is 0 Å². The molecule has 2 aliphatic heterocycles. The smallest absolute Gasteiger partial charge is 0.132 e. The molecule has 3 aromatic rings. The molecule has 1 unspecified atom stereocenters. The van der Waals surface area contributed by atoms with Crippen LogP contribution in [-0.4, -0.2) is 54.2 Å². The number of piperazine rings is 1. The Bertz CT molecular complexity index is 997. The molecule has 3 aromatic carbocycles. The molecule has 0 saturated carbocycles. The van der Waals surface area contributed by atoms with E-state index >= 15 is 0 Å². The van der Waals surface area contributed by atoms with Gasteiger partial charge in [-0.1, -0.05) is 72.8 Å². The molecule has 1 atom stereocenters. The zero-order chi connectivity index (χ0) is 20.3. The summed E-state index contributed by atoms with van der Waals surface area (Å²) >= 11 is 0. The molecule has 5 rings (SSSR count). The third kappa shape index (κ3) is 3.63. The average molecular weight is 401 g/mol. The van der Waals surface area contributed by atoms with Gasteiger partial charge in [-0.05, 0) is 16.7 Å². The molecule has 1 saturated heterocycles. The predicted octanol–water partition coefficient (Wildman–Crippen LogP) is 3.95. The minimum atomic E-state index is 0.179. The summed E-state index contributed by atoms with van der Waals surface area (Å²) in [6.07, 6.45) is 0. The Morgan fingerprint density at radius 1 is 0.800 bits per heavy atom. The molecule has 30 heavy (non-hydrogen) atoms. The van der Waals surface area contributed by atoms with Crippen LogP contribution in [0.2, 0.25) is 0 Å². The second-order valence-electron chi connectivity index (χ2n) is 8.08. The number of benzene rings is 3. The number of aliphatic hydroxyl groups excluding tert-OH is 1. The zero-order valence-corrected chi connectivity index (χ0v) is 17.2. The number of rotatable bonds is 4. The Hall–Kier alpha value is -2.66. The van der Waals surface area contributed by atoms with E-state index in [1.54, 1.807) is 0 Å². The van der Waals surface area contributed by atoms with Crippen LogP contribution in [0.5, 0.6) is 5.75 Å². The van der Waals surface area contributed by atoms with E-state index in [0.717, 1.165) is 44.0 Å². The molecule has 0 amide bonds. The van der Waals surface area contributed by atoms with Crippen LogP contribution in [0, 0.1) is 0 Å². The van der Waals surface area contributed by atoms with Gasteiger partial charge in [-0.3, -0.25) is 9.80 Å². The molecule has 2 heterocycles. The van der Waals surface area contributed by atoms with Crippen molar-refractivity contribution in [1.82, 2.24) is 9.80 Å². The van der Waals surface area contributed by atoms with E-state index < -0.39 is 0 Å². The van der Waals surface area contributed by atoms with Crippen LogP contribution in [0.15, 0.2) is 72.8 Å². The maximum absolute atomic E-state index is 9.30. The fourth-order valence-corrected chi connectivity index (χ4v) is 4.81. The Kier molecular flexibility index (Phi) is 5.54. The van der Waals surface area contributed by atoms with E-state index in [2.05, 4.69) is 82.6 Å². The van der Waals surface area contributed by atoms with Gasteiger partial charge in [-0.25, -0.2) is 0 Å². The maximum atomic E-state index is 9.30. The Morgan fingerprint density at radius 3 is 2.33 bits per heavy atom. The highest BCUT2D eigenvalue weighted by molar-refractivity contribution is 5.73. The first-order valence-corrected chi connectivity index (χ1v) is 10.8. The van der Waals surface area contributed by atoms with Crippen LogP contribution in [0.3, 0.4) is 0 Å². The van der Waals surface area contributed by atoms with E-state index in [-0.39, 0.29) is 12.6 Å². The highest BCUT2D eigenvalue weighted by Gasteiger charge is 2.32. The number of hydrogen-bond acceptors (Lipinski definition) is 4. The lowest BCUT2D eigenvalue weighted by atomic mass is 9.91. The van der Waals surface area contributed by atoms with Gasteiger partial charge in [0.05, 0.1) is 12.6 Å². The lowest BCUT2D eigenvalue weighted by Gasteiger charge is -2.39. The van der Waals surface area contributed by atoms with Gasteiger partial charge < -0.3 is 9.84 Å². The number of hydrogen-bond donors (Lipinski definition) is 1. The molecule has 1 fully saturated rings. The van der Waals surface area contributed by atoms with Gasteiger partial charge in [0.1, 0.15) is 12.4 Å². The summed E-state index contributed by atoms with van der Waals surface area (Å²) in [7, 11) is 0. The van der Waals surface area contributed by atoms with Crippen molar-refractivity contribution in [3.8, 4) is 16.9 Å². The van der Waals surface area contributed by atoms with E-state index in [1.165, 1.54) is 22.3 Å². The molecule has 0 spiro atoms. The summed E-state index contributed by atoms with van der Waals surface area (Å²) in [5.41, 5.74) is 6.20. The van der Waals surface area contributed by atoms with Crippen LogP contribution in [-0.2, 0) is 6.61 Å². The van der Waals surface area contributed by atoms with E-state index in [4.69, 9.17) is 4.74 Å². The molecular formula is C26H28N2O2. The largest absolute Gasteiger partial charge is 0.488 e. The second kappa shape index (κ2) is 8.60. The van der Waals surface area contributed by atoms with Crippen molar-refractivity contribution in [1.29, 1.82) is 0 Å². The third-order valence-corrected chi connectivity index (χ3v) is 6.33. The Balaban J connectivity index is 1.58. The van der Waals surface area contributed by atoms with Gasteiger partial charge in [0.2, 0.25) is 0 Å². The van der Waals surface area contributed by atoms with Gasteiger partial charge in [-0.2, -0.15) is 0 Å². The van der Waals surface area contributed by atoms with Crippen LogP contribution >= 0.6 is 0 Å². The summed E-state index contributed by atoms with van der Waals surface area (Å²) in [6.45, 7) is 5.49. The molecule has 0 bridgehead atoms. The van der Waals surface area contributed by atoms with Crippen molar-refractivity contribution in [3.05, 3.63) is 89.5 Å². The number of fused-ring (bicyclic) bond motifs is 2. The van der Waals surface area contributed by atoms with Gasteiger partial charge >= 0.3 is 0 Å². The van der Waals surface area contributed by atoms with Gasteiger partial charge in [0, 0.05) is 43.9 Å². The molecule has 4 nitrogen and oxygen atoms in total. The lowest BCUT2D eigenvalue weighted by molar-refractivity contribution is 0.0943. The Labute approximate surface area is 178 Å². The number of β-amino-alcohol motifs (C(OH)–C–C–N with tert-alkyl or cyclic N) is 1. The quantitative estimate of drug-likeness (QED) is 0.720. The SMILES string of the molecule is OCCN1CCN(C2c3ccccc3COc3c(-c4ccccc4)cccc32)CC1. The average Bonchev–Trinajstić information content (AvgIpc) is 2.97. The second-order valence-corrected chi connectivity index (χ2v) is 8.08. The Morgan fingerprint density at radius 2 is 1.53 bits per heavy atom. The lowest BCUT2D eigenvalue weighted by Crippen LogP contribution is -2.48. The molecule has 4 heteroatoms. The number of para-hydroxylation sites is 1. The monoisotopic (exact) mass is 400 g/mol. The highest BCUT2D eigenvalue weighted by atomic mass is 16.5. The summed E-state index contributed by atoms with van der Waals surface area (Å²) in [4.78, 5) is 4.92. The predicted molar refractivity (Wildman–Crippen MR) is 120 cm³/mol. The molecule has 2 aliphatic rings. The normalized spacial score (nSPS) is 19.4. The topological polar surface area (TPSA) is 35.9 Å². The van der Waals surface area contributed by atoms with Gasteiger partial charge in [0.15, 0.2) is 0 Å². The fraction of sp³-hybridized carbons (Fsp3) is 0.308. The standard InChI is InChI=1S/C26H28N2O2/c29-18-17-27-13-15-28(16-14-27)25-22-10-5-4-9-21(22)19-30-26-23(11-6-12-24(25)26)20-7-2-1-3-8-20/h1-12,25,29H,13-19H2. The number of ether oxygens (including phenoxy) is 1. The van der Waals surface area contributed by atoms with Crippen molar-refractivity contribution in [2.45, 2.75) is 12.6 Å². The van der Waals surface area contributed by atoms with E-state index in [1.807, 2.05) is 0 Å². The zero-order valence-electron chi connectivity index (χ0n) is 17.2. The van der Waals surface area contributed by atoms with Gasteiger partial charge in [0.25, 0.3) is 0 Å². The van der Waals surface area contributed by atoms with Crippen LogP contribution in [0.25, 0.3) is 11.1 Å².